The predicted octanol–water partition coefficient (Wildman–Crippen LogP) is 8.58. The maximum absolute atomic E-state index is 2.38. The lowest BCUT2D eigenvalue weighted by atomic mass is 9.84. The van der Waals surface area contributed by atoms with Gasteiger partial charge in [0.1, 0.15) is 0 Å². The van der Waals surface area contributed by atoms with Crippen LogP contribution in [0.15, 0.2) is 58.3 Å². The van der Waals surface area contributed by atoms with E-state index in [0.29, 0.717) is 0 Å². The summed E-state index contributed by atoms with van der Waals surface area (Å²) in [6, 6.07) is 18.3. The Morgan fingerprint density at radius 2 is 0.885 bits per heavy atom. The van der Waals surface area contributed by atoms with Crippen LogP contribution < -0.4 is 0 Å². The average Bonchev–Trinajstić information content (AvgIpc) is 2.74. The van der Waals surface area contributed by atoms with Crippen molar-refractivity contribution in [1.82, 2.24) is 0 Å². The van der Waals surface area contributed by atoms with Crippen LogP contribution in [0.5, 0.6) is 0 Å². The number of hydrogen-bond donors (Lipinski definition) is 0. The molecule has 0 aliphatic heterocycles. The van der Waals surface area contributed by atoms with Crippen molar-refractivity contribution in [1.29, 1.82) is 0 Å². The summed E-state index contributed by atoms with van der Waals surface area (Å²) in [5.74, 6) is 1.56. The first kappa shape index (κ1) is 18.5. The summed E-state index contributed by atoms with van der Waals surface area (Å²) in [5, 5.41) is 0. The lowest BCUT2D eigenvalue weighted by Crippen LogP contribution is -2.06. The third-order valence-electron chi connectivity index (χ3n) is 6.15. The van der Waals surface area contributed by atoms with Crippen molar-refractivity contribution in [2.45, 2.75) is 85.8 Å². The molecule has 26 heavy (non-hydrogen) atoms. The zero-order valence-electron chi connectivity index (χ0n) is 15.7. The van der Waals surface area contributed by atoms with Gasteiger partial charge in [-0.05, 0) is 60.8 Å². The van der Waals surface area contributed by atoms with Gasteiger partial charge in [0, 0.05) is 9.79 Å². The van der Waals surface area contributed by atoms with Gasteiger partial charge in [0.25, 0.3) is 0 Å². The molecule has 0 spiro atoms. The zero-order chi connectivity index (χ0) is 17.6. The molecule has 138 valence electrons. The van der Waals surface area contributed by atoms with Gasteiger partial charge >= 0.3 is 0 Å². The molecule has 0 aromatic heterocycles. The molecule has 0 unspecified atom stereocenters. The van der Waals surface area contributed by atoms with E-state index in [4.69, 9.17) is 0 Å². The fraction of sp³-hybridized carbons (Fsp3) is 0.500. The highest BCUT2D eigenvalue weighted by Gasteiger charge is 2.21. The second-order valence-electron chi connectivity index (χ2n) is 7.91. The van der Waals surface area contributed by atoms with E-state index in [2.05, 4.69) is 48.5 Å². The van der Waals surface area contributed by atoms with Gasteiger partial charge < -0.3 is 0 Å². The third kappa shape index (κ3) is 4.51. The van der Waals surface area contributed by atoms with Crippen LogP contribution in [0.4, 0.5) is 0 Å². The molecule has 2 heteroatoms. The summed E-state index contributed by atoms with van der Waals surface area (Å²) >= 11 is 0. The van der Waals surface area contributed by atoms with Gasteiger partial charge in [0.2, 0.25) is 0 Å². The molecule has 0 bridgehead atoms. The van der Waals surface area contributed by atoms with Crippen LogP contribution in [0.2, 0.25) is 0 Å². The van der Waals surface area contributed by atoms with Crippen molar-refractivity contribution >= 4 is 21.6 Å². The topological polar surface area (TPSA) is 0 Å². The number of rotatable bonds is 5. The fourth-order valence-corrected chi connectivity index (χ4v) is 7.26. The van der Waals surface area contributed by atoms with E-state index in [1.165, 1.54) is 74.0 Å². The molecule has 0 N–H and O–H groups in total. The van der Waals surface area contributed by atoms with Crippen LogP contribution >= 0.6 is 21.6 Å². The normalized spacial score (nSPS) is 19.5. The molecule has 0 nitrogen and oxygen atoms in total. The number of benzene rings is 2. The maximum Gasteiger partial charge on any atom is 0.0221 e. The van der Waals surface area contributed by atoms with E-state index in [1.54, 1.807) is 11.1 Å². The third-order valence-corrected chi connectivity index (χ3v) is 8.66. The van der Waals surface area contributed by atoms with E-state index in [9.17, 15) is 0 Å². The van der Waals surface area contributed by atoms with Crippen LogP contribution in [0.3, 0.4) is 0 Å². The van der Waals surface area contributed by atoms with Crippen LogP contribution in [0.1, 0.15) is 87.2 Å². The molecule has 0 atom stereocenters. The second kappa shape index (κ2) is 9.37. The first-order valence-corrected chi connectivity index (χ1v) is 12.6. The Morgan fingerprint density at radius 3 is 1.31 bits per heavy atom. The van der Waals surface area contributed by atoms with E-state index in [0.717, 1.165) is 11.8 Å². The Balaban J connectivity index is 1.49. The van der Waals surface area contributed by atoms with Gasteiger partial charge in [-0.3, -0.25) is 0 Å². The van der Waals surface area contributed by atoms with Crippen LogP contribution in [-0.4, -0.2) is 0 Å². The van der Waals surface area contributed by atoms with E-state index in [1.807, 2.05) is 21.6 Å². The summed E-state index contributed by atoms with van der Waals surface area (Å²) in [4.78, 5) is 2.98. The van der Waals surface area contributed by atoms with Crippen molar-refractivity contribution in [3.05, 3.63) is 59.7 Å². The average molecular weight is 383 g/mol. The molecule has 2 aromatic carbocycles. The Labute approximate surface area is 167 Å². The van der Waals surface area contributed by atoms with Crippen molar-refractivity contribution in [2.75, 3.05) is 0 Å². The molecule has 0 radical (unpaired) electrons. The highest BCUT2D eigenvalue weighted by Crippen LogP contribution is 2.46. The van der Waals surface area contributed by atoms with Crippen molar-refractivity contribution in [3.63, 3.8) is 0 Å². The summed E-state index contributed by atoms with van der Waals surface area (Å²) in [6.07, 6.45) is 14.0. The van der Waals surface area contributed by atoms with Gasteiger partial charge in [0.15, 0.2) is 0 Å². The summed E-state index contributed by atoms with van der Waals surface area (Å²) in [6.45, 7) is 0. The molecule has 2 fully saturated rings. The molecule has 2 saturated carbocycles. The van der Waals surface area contributed by atoms with E-state index >= 15 is 0 Å². The first-order valence-electron chi connectivity index (χ1n) is 10.4. The molecular formula is C24H30S2. The summed E-state index contributed by atoms with van der Waals surface area (Å²) in [7, 11) is 3.98. The van der Waals surface area contributed by atoms with Gasteiger partial charge in [0.05, 0.1) is 0 Å². The summed E-state index contributed by atoms with van der Waals surface area (Å²) in [5.41, 5.74) is 3.19. The largest absolute Gasteiger partial charge is 0.0619 e. The van der Waals surface area contributed by atoms with Crippen LogP contribution in [0.25, 0.3) is 0 Å². The maximum atomic E-state index is 2.38. The Kier molecular flexibility index (Phi) is 6.67. The predicted molar refractivity (Wildman–Crippen MR) is 116 cm³/mol. The smallest absolute Gasteiger partial charge is 0.0221 e. The SMILES string of the molecule is c1ccc(C2CCCCC2)c(SSc2ccccc2C2CCCCC2)c1. The highest BCUT2D eigenvalue weighted by molar-refractivity contribution is 8.76. The van der Waals surface area contributed by atoms with Crippen molar-refractivity contribution < 1.29 is 0 Å². The molecule has 2 aromatic rings. The van der Waals surface area contributed by atoms with Crippen molar-refractivity contribution in [2.24, 2.45) is 0 Å². The molecule has 0 heterocycles. The monoisotopic (exact) mass is 382 g/mol. The minimum absolute atomic E-state index is 0.779. The minimum atomic E-state index is 0.779. The number of hydrogen-bond acceptors (Lipinski definition) is 2. The minimum Gasteiger partial charge on any atom is -0.0619 e. The lowest BCUT2D eigenvalue weighted by molar-refractivity contribution is 0.439. The molecule has 2 aliphatic carbocycles. The second-order valence-corrected chi connectivity index (χ2v) is 10.1. The molecule has 2 aliphatic rings. The first-order chi connectivity index (χ1) is 12.9. The quantitative estimate of drug-likeness (QED) is 0.475. The standard InChI is InChI=1S/C24H30S2/c1-3-11-19(12-4-1)21-15-7-9-17-23(21)25-26-24-18-10-8-16-22(24)20-13-5-2-6-14-20/h7-10,15-20H,1-6,11-14H2. The van der Waals surface area contributed by atoms with E-state index < -0.39 is 0 Å². The van der Waals surface area contributed by atoms with Gasteiger partial charge in [-0.15, -0.1) is 0 Å². The van der Waals surface area contributed by atoms with Gasteiger partial charge in [-0.2, -0.15) is 0 Å². The van der Waals surface area contributed by atoms with Gasteiger partial charge in [-0.25, -0.2) is 0 Å². The zero-order valence-corrected chi connectivity index (χ0v) is 17.3. The molecule has 0 saturated heterocycles. The molecule has 0 amide bonds. The molecular weight excluding hydrogens is 352 g/mol. The Morgan fingerprint density at radius 1 is 0.500 bits per heavy atom. The van der Waals surface area contributed by atoms with Gasteiger partial charge in [-0.1, -0.05) is 96.5 Å². The van der Waals surface area contributed by atoms with Crippen LogP contribution in [0, 0.1) is 0 Å². The highest BCUT2D eigenvalue weighted by atomic mass is 33.1. The fourth-order valence-electron chi connectivity index (χ4n) is 4.70. The summed E-state index contributed by atoms with van der Waals surface area (Å²) < 4.78 is 0. The lowest BCUT2D eigenvalue weighted by Gasteiger charge is -2.25. The molecule has 4 rings (SSSR count). The van der Waals surface area contributed by atoms with E-state index in [-0.39, 0.29) is 0 Å². The van der Waals surface area contributed by atoms with Crippen LogP contribution in [-0.2, 0) is 0 Å². The Hall–Kier alpha value is -0.860. The van der Waals surface area contributed by atoms with Crippen molar-refractivity contribution in [3.8, 4) is 0 Å². The Bertz CT molecular complexity index is 635.